The summed E-state index contributed by atoms with van der Waals surface area (Å²) in [5.74, 6) is 1.28. The molecule has 2 aromatic rings. The SMILES string of the molecule is CC(C)(C)c1nc(N2CCCN(C(=O)c3ccncc3)CC2)no1. The van der Waals surface area contributed by atoms with E-state index in [1.165, 1.54) is 0 Å². The highest BCUT2D eigenvalue weighted by Gasteiger charge is 2.26. The molecule has 0 aromatic carbocycles. The van der Waals surface area contributed by atoms with Gasteiger partial charge >= 0.3 is 0 Å². The number of pyridine rings is 1. The molecule has 24 heavy (non-hydrogen) atoms. The topological polar surface area (TPSA) is 75.4 Å². The highest BCUT2D eigenvalue weighted by Crippen LogP contribution is 2.23. The molecule has 1 amide bonds. The third-order valence-electron chi connectivity index (χ3n) is 4.05. The minimum atomic E-state index is -0.166. The molecule has 0 aliphatic carbocycles. The predicted molar refractivity (Wildman–Crippen MR) is 90.0 cm³/mol. The summed E-state index contributed by atoms with van der Waals surface area (Å²) >= 11 is 0. The van der Waals surface area contributed by atoms with Crippen LogP contribution in [0.5, 0.6) is 0 Å². The summed E-state index contributed by atoms with van der Waals surface area (Å²) < 4.78 is 5.38. The van der Waals surface area contributed by atoms with Gasteiger partial charge in [0.05, 0.1) is 0 Å². The summed E-state index contributed by atoms with van der Waals surface area (Å²) in [7, 11) is 0. The third-order valence-corrected chi connectivity index (χ3v) is 4.05. The molecule has 1 aliphatic rings. The molecule has 0 bridgehead atoms. The van der Waals surface area contributed by atoms with Crippen molar-refractivity contribution >= 4 is 11.9 Å². The van der Waals surface area contributed by atoms with Crippen molar-refractivity contribution in [1.82, 2.24) is 20.0 Å². The van der Waals surface area contributed by atoms with Crippen LogP contribution in [0.3, 0.4) is 0 Å². The van der Waals surface area contributed by atoms with Gasteiger partial charge in [0, 0.05) is 49.6 Å². The number of hydrogen-bond acceptors (Lipinski definition) is 6. The molecule has 3 rings (SSSR count). The number of aromatic nitrogens is 3. The summed E-state index contributed by atoms with van der Waals surface area (Å²) in [6.45, 7) is 9.00. The van der Waals surface area contributed by atoms with Crippen molar-refractivity contribution in [2.75, 3.05) is 31.1 Å². The monoisotopic (exact) mass is 329 g/mol. The number of anilines is 1. The van der Waals surface area contributed by atoms with Crippen molar-refractivity contribution in [2.24, 2.45) is 0 Å². The lowest BCUT2D eigenvalue weighted by Gasteiger charge is -2.21. The van der Waals surface area contributed by atoms with Crippen LogP contribution < -0.4 is 4.90 Å². The van der Waals surface area contributed by atoms with Crippen molar-refractivity contribution < 1.29 is 9.32 Å². The lowest BCUT2D eigenvalue weighted by atomic mass is 9.97. The van der Waals surface area contributed by atoms with Gasteiger partial charge in [0.1, 0.15) is 0 Å². The number of nitrogens with zero attached hydrogens (tertiary/aromatic N) is 5. The minimum absolute atomic E-state index is 0.0442. The standard InChI is InChI=1S/C17H23N5O2/c1-17(2,3)15-19-16(20-24-15)22-10-4-9-21(11-12-22)14(23)13-5-7-18-8-6-13/h5-8H,4,9-12H2,1-3H3. The zero-order valence-electron chi connectivity index (χ0n) is 14.4. The molecule has 0 unspecified atom stereocenters. The third kappa shape index (κ3) is 3.55. The van der Waals surface area contributed by atoms with E-state index in [1.54, 1.807) is 24.5 Å². The Labute approximate surface area is 141 Å². The fourth-order valence-electron chi connectivity index (χ4n) is 2.65. The zero-order chi connectivity index (χ0) is 17.2. The molecule has 1 saturated heterocycles. The van der Waals surface area contributed by atoms with Crippen LogP contribution in [0, 0.1) is 0 Å². The van der Waals surface area contributed by atoms with E-state index in [4.69, 9.17) is 4.52 Å². The van der Waals surface area contributed by atoms with Crippen LogP contribution in [0.15, 0.2) is 29.0 Å². The van der Waals surface area contributed by atoms with Gasteiger partial charge in [-0.15, -0.1) is 0 Å². The quantitative estimate of drug-likeness (QED) is 0.840. The lowest BCUT2D eigenvalue weighted by molar-refractivity contribution is 0.0767. The van der Waals surface area contributed by atoms with E-state index in [-0.39, 0.29) is 11.3 Å². The minimum Gasteiger partial charge on any atom is -0.337 e. The molecule has 0 N–H and O–H groups in total. The van der Waals surface area contributed by atoms with Gasteiger partial charge in [-0.1, -0.05) is 20.8 Å². The number of carbonyl (C=O) groups is 1. The van der Waals surface area contributed by atoms with Gasteiger partial charge < -0.3 is 14.3 Å². The summed E-state index contributed by atoms with van der Waals surface area (Å²) in [4.78, 5) is 25.0. The molecule has 0 saturated carbocycles. The van der Waals surface area contributed by atoms with E-state index in [0.29, 0.717) is 30.5 Å². The Morgan fingerprint density at radius 3 is 2.54 bits per heavy atom. The van der Waals surface area contributed by atoms with Gasteiger partial charge in [0.2, 0.25) is 5.89 Å². The first-order valence-electron chi connectivity index (χ1n) is 8.23. The van der Waals surface area contributed by atoms with Crippen LogP contribution in [0.2, 0.25) is 0 Å². The molecular weight excluding hydrogens is 306 g/mol. The zero-order valence-corrected chi connectivity index (χ0v) is 14.4. The highest BCUT2D eigenvalue weighted by molar-refractivity contribution is 5.94. The Kier molecular flexibility index (Phi) is 4.51. The van der Waals surface area contributed by atoms with Gasteiger partial charge in [-0.25, -0.2) is 0 Å². The molecule has 0 spiro atoms. The first-order chi connectivity index (χ1) is 11.4. The van der Waals surface area contributed by atoms with Crippen LogP contribution in [-0.2, 0) is 5.41 Å². The molecule has 128 valence electrons. The molecule has 3 heterocycles. The highest BCUT2D eigenvalue weighted by atomic mass is 16.5. The number of rotatable bonds is 2. The Hall–Kier alpha value is -2.44. The van der Waals surface area contributed by atoms with E-state index in [1.807, 2.05) is 25.7 Å². The van der Waals surface area contributed by atoms with Crippen LogP contribution >= 0.6 is 0 Å². The Bertz CT molecular complexity index is 693. The van der Waals surface area contributed by atoms with Crippen molar-refractivity contribution in [2.45, 2.75) is 32.6 Å². The van der Waals surface area contributed by atoms with Gasteiger partial charge in [0.25, 0.3) is 11.9 Å². The average molecular weight is 329 g/mol. The van der Waals surface area contributed by atoms with Gasteiger partial charge in [-0.3, -0.25) is 9.78 Å². The fourth-order valence-corrected chi connectivity index (χ4v) is 2.65. The van der Waals surface area contributed by atoms with E-state index < -0.39 is 0 Å². The smallest absolute Gasteiger partial charge is 0.266 e. The van der Waals surface area contributed by atoms with Crippen molar-refractivity contribution in [1.29, 1.82) is 0 Å². The average Bonchev–Trinajstić information content (AvgIpc) is 2.94. The fraction of sp³-hybridized carbons (Fsp3) is 0.529. The Morgan fingerprint density at radius 2 is 1.88 bits per heavy atom. The second-order valence-electron chi connectivity index (χ2n) is 7.02. The summed E-state index contributed by atoms with van der Waals surface area (Å²) in [5, 5.41) is 4.10. The van der Waals surface area contributed by atoms with E-state index in [2.05, 4.69) is 20.0 Å². The van der Waals surface area contributed by atoms with E-state index in [0.717, 1.165) is 19.5 Å². The normalized spacial score (nSPS) is 16.1. The predicted octanol–water partition coefficient (Wildman–Crippen LogP) is 2.11. The van der Waals surface area contributed by atoms with Crippen LogP contribution in [-0.4, -0.2) is 52.1 Å². The molecule has 0 radical (unpaired) electrons. The largest absolute Gasteiger partial charge is 0.337 e. The van der Waals surface area contributed by atoms with Crippen molar-refractivity contribution in [3.8, 4) is 0 Å². The molecule has 7 heteroatoms. The van der Waals surface area contributed by atoms with Crippen LogP contribution in [0.4, 0.5) is 5.95 Å². The molecule has 2 aromatic heterocycles. The maximum Gasteiger partial charge on any atom is 0.266 e. The van der Waals surface area contributed by atoms with Crippen LogP contribution in [0.25, 0.3) is 0 Å². The molecule has 1 fully saturated rings. The number of carbonyl (C=O) groups excluding carboxylic acids is 1. The van der Waals surface area contributed by atoms with Gasteiger partial charge in [0.15, 0.2) is 0 Å². The van der Waals surface area contributed by atoms with Crippen LogP contribution in [0.1, 0.15) is 43.4 Å². The second kappa shape index (κ2) is 6.59. The van der Waals surface area contributed by atoms with Crippen molar-refractivity contribution in [3.05, 3.63) is 36.0 Å². The second-order valence-corrected chi connectivity index (χ2v) is 7.02. The molecule has 7 nitrogen and oxygen atoms in total. The summed E-state index contributed by atoms with van der Waals surface area (Å²) in [6.07, 6.45) is 4.16. The lowest BCUT2D eigenvalue weighted by Crippen LogP contribution is -2.35. The van der Waals surface area contributed by atoms with E-state index >= 15 is 0 Å². The molecule has 1 aliphatic heterocycles. The van der Waals surface area contributed by atoms with Gasteiger partial charge in [-0.05, 0) is 23.7 Å². The van der Waals surface area contributed by atoms with E-state index in [9.17, 15) is 4.79 Å². The molecule has 0 atom stereocenters. The first-order valence-corrected chi connectivity index (χ1v) is 8.23. The Balaban J connectivity index is 1.67. The summed E-state index contributed by atoms with van der Waals surface area (Å²) in [5.41, 5.74) is 0.508. The first kappa shape index (κ1) is 16.4. The molecular formula is C17H23N5O2. The van der Waals surface area contributed by atoms with Crippen molar-refractivity contribution in [3.63, 3.8) is 0 Å². The summed E-state index contributed by atoms with van der Waals surface area (Å²) in [6, 6.07) is 3.50. The van der Waals surface area contributed by atoms with Gasteiger partial charge in [-0.2, -0.15) is 4.98 Å². The number of amides is 1. The maximum atomic E-state index is 12.6. The number of hydrogen-bond donors (Lipinski definition) is 0. The maximum absolute atomic E-state index is 12.6. The Morgan fingerprint density at radius 1 is 1.12 bits per heavy atom.